The third-order valence-corrected chi connectivity index (χ3v) is 2.90. The van der Waals surface area contributed by atoms with Crippen LogP contribution in [0.4, 0.5) is 0 Å². The Hall–Kier alpha value is -1.51. The number of aromatic hydroxyl groups is 1. The lowest BCUT2D eigenvalue weighted by atomic mass is 9.94. The average Bonchev–Trinajstić information content (AvgIpc) is 2.37. The maximum atomic E-state index is 12.0. The number of rotatable bonds is 7. The van der Waals surface area contributed by atoms with Gasteiger partial charge in [-0.1, -0.05) is 38.8 Å². The first-order valence-corrected chi connectivity index (χ1v) is 6.64. The molecule has 1 N–H and O–H groups in total. The van der Waals surface area contributed by atoms with E-state index in [0.29, 0.717) is 6.61 Å². The second kappa shape index (κ2) is 7.75. The van der Waals surface area contributed by atoms with E-state index in [4.69, 9.17) is 4.74 Å². The van der Waals surface area contributed by atoms with Crippen LogP contribution in [0.5, 0.6) is 5.75 Å². The van der Waals surface area contributed by atoms with Gasteiger partial charge in [-0.25, -0.2) is 0 Å². The third kappa shape index (κ3) is 4.40. The van der Waals surface area contributed by atoms with Crippen molar-refractivity contribution >= 4 is 5.97 Å². The molecular weight excluding hydrogens is 228 g/mol. The van der Waals surface area contributed by atoms with Crippen LogP contribution in [-0.2, 0) is 9.53 Å². The molecule has 1 rings (SSSR count). The number of unbranched alkanes of at least 4 members (excludes halogenated alkanes) is 1. The van der Waals surface area contributed by atoms with Crippen LogP contribution in [0, 0.1) is 0 Å². The molecule has 0 aliphatic rings. The highest BCUT2D eigenvalue weighted by Gasteiger charge is 2.21. The minimum Gasteiger partial charge on any atom is -0.508 e. The molecule has 0 aliphatic carbocycles. The smallest absolute Gasteiger partial charge is 0.313 e. The van der Waals surface area contributed by atoms with Crippen LogP contribution in [0.1, 0.15) is 51.0 Å². The van der Waals surface area contributed by atoms with Gasteiger partial charge in [0.05, 0.1) is 12.5 Å². The second-order valence-corrected chi connectivity index (χ2v) is 4.45. The number of ether oxygens (including phenoxy) is 1. The number of phenols is 1. The zero-order chi connectivity index (χ0) is 13.4. The first kappa shape index (κ1) is 14.6. The lowest BCUT2D eigenvalue weighted by molar-refractivity contribution is -0.145. The molecule has 3 nitrogen and oxygen atoms in total. The third-order valence-electron chi connectivity index (χ3n) is 2.90. The van der Waals surface area contributed by atoms with Gasteiger partial charge >= 0.3 is 5.97 Å². The number of esters is 1. The Morgan fingerprint density at radius 2 is 1.89 bits per heavy atom. The number of carbonyl (C=O) groups is 1. The summed E-state index contributed by atoms with van der Waals surface area (Å²) in [5, 5.41) is 9.26. The van der Waals surface area contributed by atoms with E-state index in [1.54, 1.807) is 24.3 Å². The van der Waals surface area contributed by atoms with Crippen LogP contribution in [0.25, 0.3) is 0 Å². The highest BCUT2D eigenvalue weighted by molar-refractivity contribution is 5.78. The molecule has 0 saturated carbocycles. The Kier molecular flexibility index (Phi) is 6.26. The molecule has 1 aromatic carbocycles. The molecule has 0 aromatic heterocycles. The predicted octanol–water partition coefficient (Wildman–Crippen LogP) is 3.62. The Morgan fingerprint density at radius 3 is 2.44 bits per heavy atom. The Bertz CT molecular complexity index is 357. The largest absolute Gasteiger partial charge is 0.508 e. The van der Waals surface area contributed by atoms with Crippen LogP contribution in [0.2, 0.25) is 0 Å². The van der Waals surface area contributed by atoms with E-state index >= 15 is 0 Å². The van der Waals surface area contributed by atoms with Crippen molar-refractivity contribution in [2.75, 3.05) is 6.61 Å². The van der Waals surface area contributed by atoms with Gasteiger partial charge < -0.3 is 9.84 Å². The van der Waals surface area contributed by atoms with Gasteiger partial charge in [-0.05, 0) is 30.5 Å². The van der Waals surface area contributed by atoms with E-state index in [1.165, 1.54) is 0 Å². The van der Waals surface area contributed by atoms with E-state index in [1.807, 2.05) is 6.92 Å². The van der Waals surface area contributed by atoms with E-state index in [9.17, 15) is 9.90 Å². The van der Waals surface area contributed by atoms with Gasteiger partial charge in [0.1, 0.15) is 5.75 Å². The van der Waals surface area contributed by atoms with E-state index in [2.05, 4.69) is 6.92 Å². The van der Waals surface area contributed by atoms with Crippen molar-refractivity contribution in [3.63, 3.8) is 0 Å². The summed E-state index contributed by atoms with van der Waals surface area (Å²) < 4.78 is 5.28. The average molecular weight is 250 g/mol. The quantitative estimate of drug-likeness (QED) is 0.594. The SMILES string of the molecule is CCCCOC(=O)C(CCC)c1ccc(O)cc1. The molecule has 0 spiro atoms. The summed E-state index contributed by atoms with van der Waals surface area (Å²) in [5.74, 6) is -0.156. The van der Waals surface area contributed by atoms with Crippen molar-refractivity contribution in [3.8, 4) is 5.75 Å². The summed E-state index contributed by atoms with van der Waals surface area (Å²) in [6.07, 6.45) is 3.62. The fourth-order valence-corrected chi connectivity index (χ4v) is 1.83. The van der Waals surface area contributed by atoms with Gasteiger partial charge in [0.2, 0.25) is 0 Å². The summed E-state index contributed by atoms with van der Waals surface area (Å²) in [6.45, 7) is 4.61. The van der Waals surface area contributed by atoms with Crippen molar-refractivity contribution < 1.29 is 14.6 Å². The molecule has 0 amide bonds. The van der Waals surface area contributed by atoms with Crippen molar-refractivity contribution in [1.29, 1.82) is 0 Å². The standard InChI is InChI=1S/C15H22O3/c1-3-5-11-18-15(17)14(6-4-2)12-7-9-13(16)10-8-12/h7-10,14,16H,3-6,11H2,1-2H3. The number of carbonyl (C=O) groups excluding carboxylic acids is 1. The van der Waals surface area contributed by atoms with Crippen LogP contribution in [-0.4, -0.2) is 17.7 Å². The highest BCUT2D eigenvalue weighted by Crippen LogP contribution is 2.24. The van der Waals surface area contributed by atoms with Crippen molar-refractivity contribution in [2.45, 2.75) is 45.4 Å². The molecule has 1 unspecified atom stereocenters. The molecule has 1 atom stereocenters. The monoisotopic (exact) mass is 250 g/mol. The summed E-state index contributed by atoms with van der Waals surface area (Å²) in [7, 11) is 0. The minimum atomic E-state index is -0.215. The minimum absolute atomic E-state index is 0.156. The molecule has 0 aliphatic heterocycles. The molecule has 0 radical (unpaired) electrons. The molecule has 18 heavy (non-hydrogen) atoms. The maximum absolute atomic E-state index is 12.0. The summed E-state index contributed by atoms with van der Waals surface area (Å²) >= 11 is 0. The zero-order valence-electron chi connectivity index (χ0n) is 11.2. The lowest BCUT2D eigenvalue weighted by Gasteiger charge is -2.15. The summed E-state index contributed by atoms with van der Waals surface area (Å²) in [4.78, 5) is 12.0. The number of benzene rings is 1. The molecular formula is C15H22O3. The van der Waals surface area contributed by atoms with Gasteiger partial charge in [0, 0.05) is 0 Å². The van der Waals surface area contributed by atoms with Crippen molar-refractivity contribution in [1.82, 2.24) is 0 Å². The fraction of sp³-hybridized carbons (Fsp3) is 0.533. The van der Waals surface area contributed by atoms with Gasteiger partial charge in [-0.3, -0.25) is 4.79 Å². The Balaban J connectivity index is 2.69. The van der Waals surface area contributed by atoms with Crippen LogP contribution in [0.3, 0.4) is 0 Å². The van der Waals surface area contributed by atoms with E-state index < -0.39 is 0 Å². The molecule has 0 heterocycles. The Morgan fingerprint density at radius 1 is 1.22 bits per heavy atom. The van der Waals surface area contributed by atoms with Gasteiger partial charge in [-0.15, -0.1) is 0 Å². The molecule has 0 saturated heterocycles. The first-order valence-electron chi connectivity index (χ1n) is 6.64. The number of phenolic OH excluding ortho intramolecular Hbond substituents is 1. The molecule has 0 fully saturated rings. The van der Waals surface area contributed by atoms with Crippen LogP contribution < -0.4 is 0 Å². The normalized spacial score (nSPS) is 12.1. The number of hydrogen-bond acceptors (Lipinski definition) is 3. The summed E-state index contributed by atoms with van der Waals surface area (Å²) in [5.41, 5.74) is 0.913. The van der Waals surface area contributed by atoms with Gasteiger partial charge in [0.15, 0.2) is 0 Å². The molecule has 0 bridgehead atoms. The van der Waals surface area contributed by atoms with Crippen molar-refractivity contribution in [3.05, 3.63) is 29.8 Å². The topological polar surface area (TPSA) is 46.5 Å². The molecule has 3 heteroatoms. The lowest BCUT2D eigenvalue weighted by Crippen LogP contribution is -2.16. The van der Waals surface area contributed by atoms with E-state index in [-0.39, 0.29) is 17.6 Å². The van der Waals surface area contributed by atoms with Crippen LogP contribution >= 0.6 is 0 Å². The zero-order valence-corrected chi connectivity index (χ0v) is 11.2. The molecule has 1 aromatic rings. The maximum Gasteiger partial charge on any atom is 0.313 e. The fourth-order valence-electron chi connectivity index (χ4n) is 1.83. The van der Waals surface area contributed by atoms with Crippen molar-refractivity contribution in [2.24, 2.45) is 0 Å². The number of hydrogen-bond donors (Lipinski definition) is 1. The highest BCUT2D eigenvalue weighted by atomic mass is 16.5. The summed E-state index contributed by atoms with van der Waals surface area (Å²) in [6, 6.07) is 6.79. The predicted molar refractivity (Wildman–Crippen MR) is 71.6 cm³/mol. The van der Waals surface area contributed by atoms with Gasteiger partial charge in [-0.2, -0.15) is 0 Å². The van der Waals surface area contributed by atoms with E-state index in [0.717, 1.165) is 31.2 Å². The molecule has 100 valence electrons. The van der Waals surface area contributed by atoms with Crippen LogP contribution in [0.15, 0.2) is 24.3 Å². The van der Waals surface area contributed by atoms with Gasteiger partial charge in [0.25, 0.3) is 0 Å². The Labute approximate surface area is 109 Å². The second-order valence-electron chi connectivity index (χ2n) is 4.45. The first-order chi connectivity index (χ1) is 8.69.